The predicted octanol–water partition coefficient (Wildman–Crippen LogP) is 6.30. The normalized spacial score (nSPS) is 15.5. The lowest BCUT2D eigenvalue weighted by atomic mass is 9.95. The average Bonchev–Trinajstić information content (AvgIpc) is 2.63. The number of benzene rings is 2. The maximum absolute atomic E-state index is 6.23. The van der Waals surface area contributed by atoms with Crippen LogP contribution in [-0.4, -0.2) is 11.0 Å². The summed E-state index contributed by atoms with van der Waals surface area (Å²) in [5, 5.41) is 6.72. The van der Waals surface area contributed by atoms with E-state index in [1.807, 2.05) is 18.2 Å². The SMILES string of the molecule is Clc1ccc2cc(-c3ccccc3)nc(NC3CCCCC3)c2c1. The molecule has 1 N–H and O–H groups in total. The van der Waals surface area contributed by atoms with Gasteiger partial charge in [-0.05, 0) is 36.4 Å². The minimum Gasteiger partial charge on any atom is -0.367 e. The van der Waals surface area contributed by atoms with Gasteiger partial charge in [-0.1, -0.05) is 67.3 Å². The van der Waals surface area contributed by atoms with Crippen LogP contribution in [0.1, 0.15) is 32.1 Å². The van der Waals surface area contributed by atoms with E-state index < -0.39 is 0 Å². The molecule has 0 bridgehead atoms. The van der Waals surface area contributed by atoms with Crippen LogP contribution in [0, 0.1) is 0 Å². The first kappa shape index (κ1) is 15.5. The van der Waals surface area contributed by atoms with Crippen molar-refractivity contribution in [2.45, 2.75) is 38.1 Å². The minimum atomic E-state index is 0.513. The van der Waals surface area contributed by atoms with E-state index in [-0.39, 0.29) is 0 Å². The Labute approximate surface area is 147 Å². The Kier molecular flexibility index (Phi) is 4.40. The summed E-state index contributed by atoms with van der Waals surface area (Å²) in [6.45, 7) is 0. The van der Waals surface area contributed by atoms with Gasteiger partial charge < -0.3 is 5.32 Å². The number of nitrogens with zero attached hydrogens (tertiary/aromatic N) is 1. The summed E-state index contributed by atoms with van der Waals surface area (Å²) in [5.41, 5.74) is 2.14. The van der Waals surface area contributed by atoms with Crippen LogP contribution in [0.15, 0.2) is 54.6 Å². The van der Waals surface area contributed by atoms with Gasteiger partial charge in [0.15, 0.2) is 0 Å². The number of hydrogen-bond acceptors (Lipinski definition) is 2. The largest absolute Gasteiger partial charge is 0.367 e. The maximum Gasteiger partial charge on any atom is 0.134 e. The molecule has 0 unspecified atom stereocenters. The summed E-state index contributed by atoms with van der Waals surface area (Å²) < 4.78 is 0. The molecule has 0 spiro atoms. The molecule has 3 aromatic rings. The highest BCUT2D eigenvalue weighted by molar-refractivity contribution is 6.31. The lowest BCUT2D eigenvalue weighted by Gasteiger charge is -2.24. The molecule has 1 aromatic heterocycles. The van der Waals surface area contributed by atoms with Crippen molar-refractivity contribution in [2.24, 2.45) is 0 Å². The third-order valence-electron chi connectivity index (χ3n) is 4.81. The molecule has 1 aliphatic rings. The van der Waals surface area contributed by atoms with Gasteiger partial charge in [-0.3, -0.25) is 0 Å². The highest BCUT2D eigenvalue weighted by Gasteiger charge is 2.16. The van der Waals surface area contributed by atoms with Crippen LogP contribution in [0.2, 0.25) is 5.02 Å². The van der Waals surface area contributed by atoms with Crippen LogP contribution in [0.25, 0.3) is 22.0 Å². The molecule has 3 heteroatoms. The van der Waals surface area contributed by atoms with Crippen LogP contribution in [0.5, 0.6) is 0 Å². The highest BCUT2D eigenvalue weighted by Crippen LogP contribution is 2.31. The van der Waals surface area contributed by atoms with Crippen LogP contribution in [0.4, 0.5) is 5.82 Å². The van der Waals surface area contributed by atoms with Crippen molar-refractivity contribution in [3.05, 3.63) is 59.6 Å². The molecule has 1 heterocycles. The van der Waals surface area contributed by atoms with Crippen molar-refractivity contribution in [1.29, 1.82) is 0 Å². The zero-order valence-corrected chi connectivity index (χ0v) is 14.4. The van der Waals surface area contributed by atoms with E-state index in [1.54, 1.807) is 0 Å². The standard InChI is InChI=1S/C21H21ClN2/c22-17-12-11-16-13-20(15-7-3-1-4-8-15)24-21(19(16)14-17)23-18-9-5-2-6-10-18/h1,3-4,7-8,11-14,18H,2,5-6,9-10H2,(H,23,24). The Morgan fingerprint density at radius 3 is 2.50 bits per heavy atom. The fourth-order valence-electron chi connectivity index (χ4n) is 3.53. The molecular weight excluding hydrogens is 316 g/mol. The van der Waals surface area contributed by atoms with Crippen molar-refractivity contribution in [2.75, 3.05) is 5.32 Å². The van der Waals surface area contributed by atoms with E-state index in [0.717, 1.165) is 27.5 Å². The Morgan fingerprint density at radius 1 is 0.917 bits per heavy atom. The summed E-state index contributed by atoms with van der Waals surface area (Å²) in [7, 11) is 0. The van der Waals surface area contributed by atoms with E-state index in [4.69, 9.17) is 16.6 Å². The topological polar surface area (TPSA) is 24.9 Å². The van der Waals surface area contributed by atoms with E-state index in [9.17, 15) is 0 Å². The summed E-state index contributed by atoms with van der Waals surface area (Å²) in [6.07, 6.45) is 6.39. The molecule has 1 saturated carbocycles. The lowest BCUT2D eigenvalue weighted by molar-refractivity contribution is 0.462. The van der Waals surface area contributed by atoms with Gasteiger partial charge in [-0.2, -0.15) is 0 Å². The number of anilines is 1. The zero-order valence-electron chi connectivity index (χ0n) is 13.6. The van der Waals surface area contributed by atoms with Gasteiger partial charge >= 0.3 is 0 Å². The number of pyridine rings is 1. The number of hydrogen-bond donors (Lipinski definition) is 1. The van der Waals surface area contributed by atoms with E-state index in [2.05, 4.69) is 41.7 Å². The molecule has 2 aromatic carbocycles. The molecule has 24 heavy (non-hydrogen) atoms. The van der Waals surface area contributed by atoms with Crippen molar-refractivity contribution in [1.82, 2.24) is 4.98 Å². The number of aromatic nitrogens is 1. The second-order valence-electron chi connectivity index (χ2n) is 6.57. The summed E-state index contributed by atoms with van der Waals surface area (Å²) in [6, 6.07) is 19.1. The molecule has 0 radical (unpaired) electrons. The number of nitrogens with one attached hydrogen (secondary N) is 1. The zero-order chi connectivity index (χ0) is 16.4. The number of halogens is 1. The van der Waals surface area contributed by atoms with E-state index >= 15 is 0 Å². The third kappa shape index (κ3) is 3.25. The molecule has 2 nitrogen and oxygen atoms in total. The molecule has 0 aliphatic heterocycles. The smallest absolute Gasteiger partial charge is 0.134 e. The second kappa shape index (κ2) is 6.82. The van der Waals surface area contributed by atoms with Crippen LogP contribution < -0.4 is 5.32 Å². The molecular formula is C21H21ClN2. The molecule has 4 rings (SSSR count). The van der Waals surface area contributed by atoms with E-state index in [0.29, 0.717) is 6.04 Å². The number of fused-ring (bicyclic) bond motifs is 1. The number of rotatable bonds is 3. The summed E-state index contributed by atoms with van der Waals surface area (Å²) >= 11 is 6.23. The Balaban J connectivity index is 1.80. The fourth-order valence-corrected chi connectivity index (χ4v) is 3.70. The first-order chi connectivity index (χ1) is 11.8. The van der Waals surface area contributed by atoms with Gasteiger partial charge in [0.2, 0.25) is 0 Å². The Bertz CT molecular complexity index is 839. The van der Waals surface area contributed by atoms with Crippen molar-refractivity contribution < 1.29 is 0 Å². The van der Waals surface area contributed by atoms with Gasteiger partial charge in [0.25, 0.3) is 0 Å². The minimum absolute atomic E-state index is 0.513. The molecule has 0 atom stereocenters. The molecule has 0 saturated heterocycles. The molecule has 1 fully saturated rings. The first-order valence-corrected chi connectivity index (χ1v) is 9.10. The molecule has 122 valence electrons. The van der Waals surface area contributed by atoms with Crippen molar-refractivity contribution >= 4 is 28.2 Å². The molecule has 0 amide bonds. The monoisotopic (exact) mass is 336 g/mol. The lowest BCUT2D eigenvalue weighted by Crippen LogP contribution is -2.23. The van der Waals surface area contributed by atoms with Crippen molar-refractivity contribution in [3.8, 4) is 11.3 Å². The first-order valence-electron chi connectivity index (χ1n) is 8.72. The maximum atomic E-state index is 6.23. The van der Waals surface area contributed by atoms with Crippen LogP contribution in [-0.2, 0) is 0 Å². The predicted molar refractivity (Wildman–Crippen MR) is 103 cm³/mol. The fraction of sp³-hybridized carbons (Fsp3) is 0.286. The van der Waals surface area contributed by atoms with Gasteiger partial charge in [0.1, 0.15) is 5.82 Å². The second-order valence-corrected chi connectivity index (χ2v) is 7.00. The highest BCUT2D eigenvalue weighted by atomic mass is 35.5. The van der Waals surface area contributed by atoms with Gasteiger partial charge in [0.05, 0.1) is 5.69 Å². The van der Waals surface area contributed by atoms with Crippen LogP contribution >= 0.6 is 11.6 Å². The van der Waals surface area contributed by atoms with Crippen LogP contribution in [0.3, 0.4) is 0 Å². The molecule has 1 aliphatic carbocycles. The van der Waals surface area contributed by atoms with Crippen molar-refractivity contribution in [3.63, 3.8) is 0 Å². The quantitative estimate of drug-likeness (QED) is 0.607. The van der Waals surface area contributed by atoms with Gasteiger partial charge in [-0.15, -0.1) is 0 Å². The van der Waals surface area contributed by atoms with Gasteiger partial charge in [0, 0.05) is 22.0 Å². The Hall–Kier alpha value is -2.06. The van der Waals surface area contributed by atoms with Gasteiger partial charge in [-0.25, -0.2) is 4.98 Å². The Morgan fingerprint density at radius 2 is 1.71 bits per heavy atom. The summed E-state index contributed by atoms with van der Waals surface area (Å²) in [5.74, 6) is 0.959. The average molecular weight is 337 g/mol. The van der Waals surface area contributed by atoms with E-state index in [1.165, 1.54) is 37.5 Å². The summed E-state index contributed by atoms with van der Waals surface area (Å²) in [4.78, 5) is 4.94. The third-order valence-corrected chi connectivity index (χ3v) is 5.05.